The van der Waals surface area contributed by atoms with Crippen molar-refractivity contribution in [2.24, 2.45) is 0 Å². The van der Waals surface area contributed by atoms with E-state index in [-0.39, 0.29) is 11.4 Å². The highest BCUT2D eigenvalue weighted by Crippen LogP contribution is 2.38. The summed E-state index contributed by atoms with van der Waals surface area (Å²) in [4.78, 5) is 3.76. The lowest BCUT2D eigenvalue weighted by Gasteiger charge is -2.16. The molecule has 0 radical (unpaired) electrons. The summed E-state index contributed by atoms with van der Waals surface area (Å²) in [6, 6.07) is 0.907. The molecule has 1 aromatic rings. The van der Waals surface area contributed by atoms with E-state index in [4.69, 9.17) is 10.5 Å². The molecule has 0 aromatic carbocycles. The maximum atomic E-state index is 12.7. The minimum Gasteiger partial charge on any atom is -0.397 e. The van der Waals surface area contributed by atoms with E-state index < -0.39 is 17.8 Å². The van der Waals surface area contributed by atoms with Crippen molar-refractivity contribution in [3.63, 3.8) is 0 Å². The van der Waals surface area contributed by atoms with Gasteiger partial charge in [-0.25, -0.2) is 0 Å². The Morgan fingerprint density at radius 1 is 1.44 bits per heavy atom. The first-order chi connectivity index (χ1) is 7.48. The Bertz CT molecular complexity index is 386. The van der Waals surface area contributed by atoms with Crippen molar-refractivity contribution < 1.29 is 17.9 Å². The van der Waals surface area contributed by atoms with Crippen LogP contribution in [-0.2, 0) is 10.9 Å². The number of nitrogens with two attached hydrogens (primary N) is 1. The smallest absolute Gasteiger partial charge is 0.397 e. The quantitative estimate of drug-likeness (QED) is 0.809. The maximum Gasteiger partial charge on any atom is 0.418 e. The van der Waals surface area contributed by atoms with Crippen LogP contribution in [0.2, 0.25) is 0 Å². The molecular formula is C10H11F3N2O. The zero-order chi connectivity index (χ0) is 11.8. The van der Waals surface area contributed by atoms with E-state index in [1.54, 1.807) is 0 Å². The van der Waals surface area contributed by atoms with Crippen LogP contribution in [0.5, 0.6) is 0 Å². The number of alkyl halides is 3. The van der Waals surface area contributed by atoms with Gasteiger partial charge in [-0.1, -0.05) is 0 Å². The Morgan fingerprint density at radius 3 is 2.75 bits per heavy atom. The Morgan fingerprint density at radius 2 is 2.19 bits per heavy atom. The number of ether oxygens (including phenoxy) is 1. The summed E-state index contributed by atoms with van der Waals surface area (Å²) < 4.78 is 43.4. The number of nitrogen functional groups attached to an aromatic ring is 1. The summed E-state index contributed by atoms with van der Waals surface area (Å²) in [5.41, 5.74) is 4.48. The average Bonchev–Trinajstić information content (AvgIpc) is 2.69. The summed E-state index contributed by atoms with van der Waals surface area (Å²) in [5, 5.41) is 0. The first-order valence-corrected chi connectivity index (χ1v) is 4.92. The third-order valence-corrected chi connectivity index (χ3v) is 2.48. The lowest BCUT2D eigenvalue weighted by molar-refractivity contribution is -0.139. The largest absolute Gasteiger partial charge is 0.418 e. The van der Waals surface area contributed by atoms with Crippen LogP contribution in [0.4, 0.5) is 18.9 Å². The van der Waals surface area contributed by atoms with Crippen LogP contribution in [0.15, 0.2) is 12.3 Å². The van der Waals surface area contributed by atoms with Gasteiger partial charge in [0.05, 0.1) is 23.1 Å². The molecule has 88 valence electrons. The molecular weight excluding hydrogens is 221 g/mol. The van der Waals surface area contributed by atoms with Crippen LogP contribution in [0.25, 0.3) is 0 Å². The minimum absolute atomic E-state index is 0.00840. The highest BCUT2D eigenvalue weighted by atomic mass is 19.4. The molecule has 6 heteroatoms. The van der Waals surface area contributed by atoms with Gasteiger partial charge in [-0.15, -0.1) is 0 Å². The van der Waals surface area contributed by atoms with Crippen molar-refractivity contribution in [1.82, 2.24) is 4.98 Å². The van der Waals surface area contributed by atoms with Gasteiger partial charge in [0.25, 0.3) is 0 Å². The highest BCUT2D eigenvalue weighted by Gasteiger charge is 2.37. The molecule has 0 amide bonds. The molecule has 0 aliphatic carbocycles. The van der Waals surface area contributed by atoms with Gasteiger partial charge in [-0.3, -0.25) is 4.98 Å². The zero-order valence-corrected chi connectivity index (χ0v) is 8.42. The normalized spacial score (nSPS) is 21.3. The molecule has 2 N–H and O–H groups in total. The number of pyridine rings is 1. The summed E-state index contributed by atoms with van der Waals surface area (Å²) in [5.74, 6) is 0. The van der Waals surface area contributed by atoms with Crippen molar-refractivity contribution in [3.8, 4) is 0 Å². The predicted molar refractivity (Wildman–Crippen MR) is 51.6 cm³/mol. The number of aromatic nitrogens is 1. The molecule has 0 saturated carbocycles. The van der Waals surface area contributed by atoms with E-state index in [1.807, 2.05) is 0 Å². The van der Waals surface area contributed by atoms with E-state index >= 15 is 0 Å². The Labute approximate surface area is 90.4 Å². The van der Waals surface area contributed by atoms with Crippen molar-refractivity contribution >= 4 is 5.69 Å². The van der Waals surface area contributed by atoms with Gasteiger partial charge in [0.15, 0.2) is 0 Å². The molecule has 1 aliphatic heterocycles. The molecule has 0 spiro atoms. The van der Waals surface area contributed by atoms with Crippen molar-refractivity contribution in [2.75, 3.05) is 12.3 Å². The molecule has 1 saturated heterocycles. The molecule has 2 rings (SSSR count). The van der Waals surface area contributed by atoms with Crippen LogP contribution >= 0.6 is 0 Å². The summed E-state index contributed by atoms with van der Waals surface area (Å²) in [6.07, 6.45) is -2.44. The number of hydrogen-bond acceptors (Lipinski definition) is 3. The fraction of sp³-hybridized carbons (Fsp3) is 0.500. The summed E-state index contributed by atoms with van der Waals surface area (Å²) in [6.45, 7) is 0.480. The number of halogens is 3. The molecule has 1 aliphatic rings. The fourth-order valence-electron chi connectivity index (χ4n) is 1.77. The summed E-state index contributed by atoms with van der Waals surface area (Å²) in [7, 11) is 0. The highest BCUT2D eigenvalue weighted by molar-refractivity contribution is 5.42. The second-order valence-electron chi connectivity index (χ2n) is 3.70. The van der Waals surface area contributed by atoms with Gasteiger partial charge in [0, 0.05) is 6.61 Å². The first kappa shape index (κ1) is 11.2. The van der Waals surface area contributed by atoms with E-state index in [1.165, 1.54) is 6.20 Å². The first-order valence-electron chi connectivity index (χ1n) is 4.92. The fourth-order valence-corrected chi connectivity index (χ4v) is 1.77. The predicted octanol–water partition coefficient (Wildman–Crippen LogP) is 2.53. The maximum absolute atomic E-state index is 12.7. The third-order valence-electron chi connectivity index (χ3n) is 2.48. The molecule has 16 heavy (non-hydrogen) atoms. The van der Waals surface area contributed by atoms with E-state index in [9.17, 15) is 13.2 Å². The van der Waals surface area contributed by atoms with Gasteiger partial charge in [0.1, 0.15) is 6.10 Å². The second-order valence-corrected chi connectivity index (χ2v) is 3.70. The van der Waals surface area contributed by atoms with Crippen molar-refractivity contribution in [2.45, 2.75) is 25.1 Å². The molecule has 1 unspecified atom stereocenters. The zero-order valence-electron chi connectivity index (χ0n) is 8.42. The molecule has 1 atom stereocenters. The second kappa shape index (κ2) is 3.93. The summed E-state index contributed by atoms with van der Waals surface area (Å²) >= 11 is 0. The standard InChI is InChI=1S/C10H11F3N2O/c11-10(12,13)7-4-6(14)5-15-9(7)8-2-1-3-16-8/h4-5,8H,1-3,14H2. The lowest BCUT2D eigenvalue weighted by Crippen LogP contribution is -2.14. The van der Waals surface area contributed by atoms with E-state index in [0.717, 1.165) is 12.5 Å². The molecule has 3 nitrogen and oxygen atoms in total. The van der Waals surface area contributed by atoms with Crippen molar-refractivity contribution in [1.29, 1.82) is 0 Å². The molecule has 1 fully saturated rings. The molecule has 2 heterocycles. The van der Waals surface area contributed by atoms with Crippen LogP contribution in [0.1, 0.15) is 30.2 Å². The Balaban J connectivity index is 2.43. The van der Waals surface area contributed by atoms with Gasteiger partial charge in [-0.05, 0) is 18.9 Å². The van der Waals surface area contributed by atoms with Gasteiger partial charge in [0.2, 0.25) is 0 Å². The molecule has 1 aromatic heterocycles. The number of hydrogen-bond donors (Lipinski definition) is 1. The monoisotopic (exact) mass is 232 g/mol. The minimum atomic E-state index is -4.44. The van der Waals surface area contributed by atoms with E-state index in [2.05, 4.69) is 4.98 Å². The number of anilines is 1. The van der Waals surface area contributed by atoms with Crippen LogP contribution in [0.3, 0.4) is 0 Å². The van der Waals surface area contributed by atoms with Crippen LogP contribution < -0.4 is 5.73 Å². The lowest BCUT2D eigenvalue weighted by atomic mass is 10.1. The molecule has 0 bridgehead atoms. The topological polar surface area (TPSA) is 48.1 Å². The van der Waals surface area contributed by atoms with Crippen LogP contribution in [-0.4, -0.2) is 11.6 Å². The van der Waals surface area contributed by atoms with Crippen LogP contribution in [0, 0.1) is 0 Å². The Kier molecular flexibility index (Phi) is 2.75. The van der Waals surface area contributed by atoms with Gasteiger partial charge < -0.3 is 10.5 Å². The van der Waals surface area contributed by atoms with Crippen molar-refractivity contribution in [3.05, 3.63) is 23.5 Å². The SMILES string of the molecule is Nc1cnc(C2CCCO2)c(C(F)(F)F)c1. The van der Waals surface area contributed by atoms with Gasteiger partial charge >= 0.3 is 6.18 Å². The number of rotatable bonds is 1. The third kappa shape index (κ3) is 2.11. The van der Waals surface area contributed by atoms with Gasteiger partial charge in [-0.2, -0.15) is 13.2 Å². The van der Waals surface area contributed by atoms with E-state index in [0.29, 0.717) is 13.0 Å². The number of nitrogens with zero attached hydrogens (tertiary/aromatic N) is 1. The average molecular weight is 232 g/mol. The Hall–Kier alpha value is -1.30.